The van der Waals surface area contributed by atoms with Gasteiger partial charge < -0.3 is 10.2 Å². The van der Waals surface area contributed by atoms with Crippen molar-refractivity contribution in [2.75, 3.05) is 11.9 Å². The average Bonchev–Trinajstić information content (AvgIpc) is 3.11. The molecule has 1 unspecified atom stereocenters. The summed E-state index contributed by atoms with van der Waals surface area (Å²) >= 11 is 0. The highest BCUT2D eigenvalue weighted by Crippen LogP contribution is 2.34. The van der Waals surface area contributed by atoms with Crippen LogP contribution in [0.1, 0.15) is 66.3 Å². The minimum atomic E-state index is -1.65. The number of hydrogen-bond acceptors (Lipinski definition) is 4. The molecular formula is C26H27F3N4O. The lowest BCUT2D eigenvalue weighted by molar-refractivity contribution is 0.0787. The summed E-state index contributed by atoms with van der Waals surface area (Å²) in [5, 5.41) is 3.13. The molecule has 178 valence electrons. The van der Waals surface area contributed by atoms with Gasteiger partial charge in [0, 0.05) is 41.2 Å². The van der Waals surface area contributed by atoms with E-state index in [0.29, 0.717) is 35.6 Å². The number of nitrogens with one attached hydrogen (secondary N) is 1. The molecule has 1 aromatic carbocycles. The van der Waals surface area contributed by atoms with Gasteiger partial charge in [-0.1, -0.05) is 0 Å². The zero-order valence-electron chi connectivity index (χ0n) is 19.8. The molecule has 2 aromatic heterocycles. The number of nitrogens with zero attached hydrogens (tertiary/aromatic N) is 3. The molecule has 0 fully saturated rings. The maximum atomic E-state index is 15.1. The number of benzene rings is 1. The molecule has 0 spiro atoms. The second-order valence-corrected chi connectivity index (χ2v) is 9.08. The van der Waals surface area contributed by atoms with E-state index in [9.17, 15) is 9.18 Å². The normalized spacial score (nSPS) is 14.4. The Morgan fingerprint density at radius 1 is 1.15 bits per heavy atom. The van der Waals surface area contributed by atoms with E-state index in [2.05, 4.69) is 15.3 Å². The number of carbonyl (C=O) groups is 1. The quantitative estimate of drug-likeness (QED) is 0.476. The van der Waals surface area contributed by atoms with Crippen molar-refractivity contribution in [2.45, 2.75) is 52.9 Å². The fraction of sp³-hybridized carbons (Fsp3) is 0.346. The molecule has 0 bridgehead atoms. The second kappa shape index (κ2) is 8.74. The largest absolute Gasteiger partial charge is 0.363 e. The minimum absolute atomic E-state index is 0.0399. The Hall–Kier alpha value is -3.42. The van der Waals surface area contributed by atoms with Crippen molar-refractivity contribution >= 4 is 11.7 Å². The van der Waals surface area contributed by atoms with E-state index in [4.69, 9.17) is 0 Å². The molecule has 1 atom stereocenters. The molecule has 4 rings (SSSR count). The van der Waals surface area contributed by atoms with Gasteiger partial charge in [-0.15, -0.1) is 0 Å². The highest BCUT2D eigenvalue weighted by Gasteiger charge is 2.30. The molecule has 3 heterocycles. The Kier molecular flexibility index (Phi) is 6.10. The van der Waals surface area contributed by atoms with Crippen LogP contribution in [0, 0.1) is 18.6 Å². The first kappa shape index (κ1) is 23.7. The van der Waals surface area contributed by atoms with Crippen LogP contribution in [-0.4, -0.2) is 27.3 Å². The van der Waals surface area contributed by atoms with Crippen LogP contribution in [0.15, 0.2) is 36.7 Å². The third kappa shape index (κ3) is 4.24. The fourth-order valence-corrected chi connectivity index (χ4v) is 4.35. The lowest BCUT2D eigenvalue weighted by Gasteiger charge is -2.20. The van der Waals surface area contributed by atoms with Crippen molar-refractivity contribution in [1.29, 1.82) is 0 Å². The summed E-state index contributed by atoms with van der Waals surface area (Å²) in [5.74, 6) is -0.895. The average molecular weight is 469 g/mol. The molecule has 1 N–H and O–H groups in total. The standard InChI is InChI=1S/C26H27F3N4O/c1-6-33-13-19-16(25(33)34)7-8-30-24(19)32-15(3)17-9-22(28)18(10-21(17)27)23-11-20(26(4,5)29)14(2)12-31-23/h7-12,15H,6,13H2,1-5H3,(H,30,32). The van der Waals surface area contributed by atoms with Gasteiger partial charge in [-0.05, 0) is 70.0 Å². The molecule has 0 saturated heterocycles. The maximum Gasteiger partial charge on any atom is 0.254 e. The van der Waals surface area contributed by atoms with Crippen molar-refractivity contribution in [3.8, 4) is 11.3 Å². The van der Waals surface area contributed by atoms with E-state index in [0.717, 1.165) is 17.7 Å². The van der Waals surface area contributed by atoms with Crippen LogP contribution >= 0.6 is 0 Å². The molecule has 0 saturated carbocycles. The first-order valence-electron chi connectivity index (χ1n) is 11.2. The van der Waals surface area contributed by atoms with Crippen molar-refractivity contribution in [2.24, 2.45) is 0 Å². The van der Waals surface area contributed by atoms with E-state index in [1.165, 1.54) is 32.3 Å². The number of aromatic nitrogens is 2. The van der Waals surface area contributed by atoms with Crippen LogP contribution in [-0.2, 0) is 12.2 Å². The van der Waals surface area contributed by atoms with Gasteiger partial charge in [-0.3, -0.25) is 9.78 Å². The summed E-state index contributed by atoms with van der Waals surface area (Å²) < 4.78 is 44.8. The smallest absolute Gasteiger partial charge is 0.254 e. The van der Waals surface area contributed by atoms with Gasteiger partial charge in [0.1, 0.15) is 23.1 Å². The summed E-state index contributed by atoms with van der Waals surface area (Å²) in [6.07, 6.45) is 2.99. The lowest BCUT2D eigenvalue weighted by Crippen LogP contribution is -2.22. The van der Waals surface area contributed by atoms with Crippen LogP contribution < -0.4 is 5.32 Å². The third-order valence-corrected chi connectivity index (χ3v) is 6.23. The number of hydrogen-bond donors (Lipinski definition) is 1. The highest BCUT2D eigenvalue weighted by molar-refractivity contribution is 5.99. The van der Waals surface area contributed by atoms with Crippen LogP contribution in [0.4, 0.5) is 19.0 Å². The monoisotopic (exact) mass is 468 g/mol. The molecule has 0 radical (unpaired) electrons. The molecule has 5 nitrogen and oxygen atoms in total. The summed E-state index contributed by atoms with van der Waals surface area (Å²) in [5.41, 5.74) is 0.889. The molecule has 1 amide bonds. The number of rotatable bonds is 6. The lowest BCUT2D eigenvalue weighted by atomic mass is 9.94. The second-order valence-electron chi connectivity index (χ2n) is 9.08. The SMILES string of the molecule is CCN1Cc2c(ccnc2NC(C)c2cc(F)c(-c3cc(C(C)(C)F)c(C)cn3)cc2F)C1=O. The maximum absolute atomic E-state index is 15.1. The molecule has 8 heteroatoms. The zero-order valence-corrected chi connectivity index (χ0v) is 19.8. The number of halogens is 3. The Bertz CT molecular complexity index is 1270. The number of carbonyl (C=O) groups excluding carboxylic acids is 1. The first-order valence-corrected chi connectivity index (χ1v) is 11.2. The Labute approximate surface area is 197 Å². The molecule has 0 aliphatic carbocycles. The highest BCUT2D eigenvalue weighted by atomic mass is 19.1. The van der Waals surface area contributed by atoms with Crippen LogP contribution in [0.3, 0.4) is 0 Å². The predicted molar refractivity (Wildman–Crippen MR) is 125 cm³/mol. The summed E-state index contributed by atoms with van der Waals surface area (Å²) in [7, 11) is 0. The van der Waals surface area contributed by atoms with Crippen molar-refractivity contribution < 1.29 is 18.0 Å². The number of pyridine rings is 2. The van der Waals surface area contributed by atoms with Crippen molar-refractivity contribution in [3.63, 3.8) is 0 Å². The Balaban J connectivity index is 1.65. The molecular weight excluding hydrogens is 441 g/mol. The molecule has 3 aromatic rings. The van der Waals surface area contributed by atoms with E-state index < -0.39 is 23.3 Å². The number of alkyl halides is 1. The molecule has 34 heavy (non-hydrogen) atoms. The first-order chi connectivity index (χ1) is 16.0. The van der Waals surface area contributed by atoms with Crippen molar-refractivity contribution in [3.05, 3.63) is 76.1 Å². The van der Waals surface area contributed by atoms with Gasteiger partial charge in [-0.2, -0.15) is 0 Å². The Morgan fingerprint density at radius 3 is 2.56 bits per heavy atom. The molecule has 1 aliphatic rings. The van der Waals surface area contributed by atoms with Crippen molar-refractivity contribution in [1.82, 2.24) is 14.9 Å². The van der Waals surface area contributed by atoms with Crippen LogP contribution in [0.5, 0.6) is 0 Å². The summed E-state index contributed by atoms with van der Waals surface area (Å²) in [6.45, 7) is 9.12. The van der Waals surface area contributed by atoms with E-state index in [1.54, 1.807) is 24.8 Å². The van der Waals surface area contributed by atoms with E-state index >= 15 is 8.78 Å². The number of anilines is 1. The van der Waals surface area contributed by atoms with Gasteiger partial charge in [0.15, 0.2) is 0 Å². The number of fused-ring (bicyclic) bond motifs is 1. The van der Waals surface area contributed by atoms with Crippen LogP contribution in [0.2, 0.25) is 0 Å². The van der Waals surface area contributed by atoms with Gasteiger partial charge in [0.2, 0.25) is 0 Å². The zero-order chi connectivity index (χ0) is 24.8. The predicted octanol–water partition coefficient (Wildman–Crippen LogP) is 6.08. The molecule has 1 aliphatic heterocycles. The van der Waals surface area contributed by atoms with Crippen LogP contribution in [0.25, 0.3) is 11.3 Å². The Morgan fingerprint density at radius 2 is 1.88 bits per heavy atom. The fourth-order valence-electron chi connectivity index (χ4n) is 4.35. The third-order valence-electron chi connectivity index (χ3n) is 6.23. The van der Waals surface area contributed by atoms with Gasteiger partial charge in [-0.25, -0.2) is 18.2 Å². The number of aryl methyl sites for hydroxylation is 1. The minimum Gasteiger partial charge on any atom is -0.363 e. The van der Waals surface area contributed by atoms with Gasteiger partial charge in [0.25, 0.3) is 5.91 Å². The topological polar surface area (TPSA) is 58.1 Å². The van der Waals surface area contributed by atoms with E-state index in [-0.39, 0.29) is 22.7 Å². The van der Waals surface area contributed by atoms with E-state index in [1.807, 2.05) is 6.92 Å². The van der Waals surface area contributed by atoms with Gasteiger partial charge in [0.05, 0.1) is 18.3 Å². The number of amides is 1. The summed E-state index contributed by atoms with van der Waals surface area (Å²) in [6, 6.07) is 4.71. The van der Waals surface area contributed by atoms with Gasteiger partial charge >= 0.3 is 0 Å². The summed E-state index contributed by atoms with van der Waals surface area (Å²) in [4.78, 5) is 22.7.